The van der Waals surface area contributed by atoms with E-state index in [9.17, 15) is 4.79 Å². The van der Waals surface area contributed by atoms with Crippen LogP contribution in [0.15, 0.2) is 85.1 Å². The van der Waals surface area contributed by atoms with Crippen molar-refractivity contribution in [3.63, 3.8) is 0 Å². The van der Waals surface area contributed by atoms with Crippen LogP contribution in [0.4, 0.5) is 5.69 Å². The number of carbonyl (C=O) groups excluding carboxylic acids is 1. The first-order chi connectivity index (χ1) is 14.2. The highest BCUT2D eigenvalue weighted by atomic mass is 16.5. The van der Waals surface area contributed by atoms with E-state index in [1.807, 2.05) is 60.8 Å². The summed E-state index contributed by atoms with van der Waals surface area (Å²) in [4.78, 5) is 12.4. The molecule has 1 heterocycles. The summed E-state index contributed by atoms with van der Waals surface area (Å²) in [6, 6.07) is 24.6. The van der Waals surface area contributed by atoms with E-state index in [0.29, 0.717) is 12.1 Å². The Hall–Kier alpha value is -3.93. The van der Waals surface area contributed by atoms with Gasteiger partial charge in [-0.15, -0.1) is 5.10 Å². The van der Waals surface area contributed by atoms with Crippen molar-refractivity contribution in [2.24, 2.45) is 0 Å². The first-order valence-corrected chi connectivity index (χ1v) is 9.21. The number of benzene rings is 3. The van der Waals surface area contributed by atoms with Crippen LogP contribution >= 0.6 is 0 Å². The Bertz CT molecular complexity index is 1090. The minimum absolute atomic E-state index is 0.163. The highest BCUT2D eigenvalue weighted by molar-refractivity contribution is 6.04. The molecule has 0 aliphatic carbocycles. The van der Waals surface area contributed by atoms with Crippen LogP contribution in [0.25, 0.3) is 11.3 Å². The topological polar surface area (TPSA) is 69.0 Å². The molecule has 4 aromatic rings. The van der Waals surface area contributed by atoms with E-state index in [0.717, 1.165) is 28.3 Å². The van der Waals surface area contributed by atoms with Gasteiger partial charge in [0.25, 0.3) is 5.91 Å². The van der Waals surface area contributed by atoms with Crippen LogP contribution in [0.5, 0.6) is 5.75 Å². The Balaban J connectivity index is 1.39. The molecule has 0 aliphatic heterocycles. The average molecular weight is 384 g/mol. The van der Waals surface area contributed by atoms with Crippen molar-refractivity contribution >= 4 is 11.6 Å². The van der Waals surface area contributed by atoms with Crippen molar-refractivity contribution in [1.82, 2.24) is 15.0 Å². The van der Waals surface area contributed by atoms with Crippen LogP contribution < -0.4 is 10.1 Å². The van der Waals surface area contributed by atoms with Gasteiger partial charge in [0.15, 0.2) is 0 Å². The molecular weight excluding hydrogens is 364 g/mol. The lowest BCUT2D eigenvalue weighted by atomic mass is 10.1. The summed E-state index contributed by atoms with van der Waals surface area (Å²) in [5.74, 6) is 0.554. The molecule has 144 valence electrons. The number of nitrogens with one attached hydrogen (secondary N) is 1. The van der Waals surface area contributed by atoms with Gasteiger partial charge in [-0.3, -0.25) is 4.79 Å². The van der Waals surface area contributed by atoms with E-state index in [1.165, 1.54) is 0 Å². The van der Waals surface area contributed by atoms with Crippen molar-refractivity contribution in [2.75, 3.05) is 12.4 Å². The number of anilines is 1. The molecule has 4 rings (SSSR count). The number of ether oxygens (including phenoxy) is 1. The molecule has 0 spiro atoms. The highest BCUT2D eigenvalue weighted by Gasteiger charge is 2.07. The van der Waals surface area contributed by atoms with E-state index >= 15 is 0 Å². The molecule has 1 amide bonds. The Morgan fingerprint density at radius 2 is 1.69 bits per heavy atom. The fourth-order valence-electron chi connectivity index (χ4n) is 2.94. The maximum Gasteiger partial charge on any atom is 0.255 e. The molecule has 0 saturated carbocycles. The van der Waals surface area contributed by atoms with E-state index in [2.05, 4.69) is 15.6 Å². The maximum atomic E-state index is 12.4. The standard InChI is InChI=1S/C23H20N4O2/c1-29-21-13-9-19(10-14-21)23(28)24-20-11-7-17(8-12-20)15-27-16-22(25-26-27)18-5-3-2-4-6-18/h2-14,16H,15H2,1H3,(H,24,28). The second-order valence-corrected chi connectivity index (χ2v) is 6.55. The molecule has 0 fully saturated rings. The Labute approximate surface area is 168 Å². The predicted octanol–water partition coefficient (Wildman–Crippen LogP) is 4.25. The Morgan fingerprint density at radius 1 is 0.966 bits per heavy atom. The fraction of sp³-hybridized carbons (Fsp3) is 0.0870. The molecule has 1 aromatic heterocycles. The normalized spacial score (nSPS) is 10.5. The molecule has 0 atom stereocenters. The van der Waals surface area contributed by atoms with Gasteiger partial charge in [0, 0.05) is 16.8 Å². The first kappa shape index (κ1) is 18.4. The molecule has 1 N–H and O–H groups in total. The van der Waals surface area contributed by atoms with Gasteiger partial charge >= 0.3 is 0 Å². The van der Waals surface area contributed by atoms with Gasteiger partial charge < -0.3 is 10.1 Å². The summed E-state index contributed by atoms with van der Waals surface area (Å²) >= 11 is 0. The number of rotatable bonds is 6. The average Bonchev–Trinajstić information content (AvgIpc) is 3.24. The second-order valence-electron chi connectivity index (χ2n) is 6.55. The molecule has 0 radical (unpaired) electrons. The van der Waals surface area contributed by atoms with Crippen LogP contribution in [0.2, 0.25) is 0 Å². The van der Waals surface area contributed by atoms with Crippen LogP contribution in [-0.2, 0) is 6.54 Å². The predicted molar refractivity (Wildman–Crippen MR) is 112 cm³/mol. The summed E-state index contributed by atoms with van der Waals surface area (Å²) in [6.07, 6.45) is 1.93. The number of aromatic nitrogens is 3. The van der Waals surface area contributed by atoms with E-state index in [-0.39, 0.29) is 5.91 Å². The third-order valence-electron chi connectivity index (χ3n) is 4.52. The summed E-state index contributed by atoms with van der Waals surface area (Å²) in [6.45, 7) is 0.604. The van der Waals surface area contributed by atoms with Gasteiger partial charge in [0.05, 0.1) is 19.9 Å². The van der Waals surface area contributed by atoms with Gasteiger partial charge in [0.2, 0.25) is 0 Å². The minimum atomic E-state index is -0.163. The van der Waals surface area contributed by atoms with Gasteiger partial charge in [-0.2, -0.15) is 0 Å². The number of amides is 1. The molecule has 29 heavy (non-hydrogen) atoms. The van der Waals surface area contributed by atoms with Gasteiger partial charge in [-0.25, -0.2) is 4.68 Å². The van der Waals surface area contributed by atoms with Crippen LogP contribution in [0.3, 0.4) is 0 Å². The molecular formula is C23H20N4O2. The smallest absolute Gasteiger partial charge is 0.255 e. The van der Waals surface area contributed by atoms with Crippen molar-refractivity contribution in [2.45, 2.75) is 6.54 Å². The first-order valence-electron chi connectivity index (χ1n) is 9.21. The van der Waals surface area contributed by atoms with Crippen LogP contribution in [0, 0.1) is 0 Å². The Morgan fingerprint density at radius 3 is 2.38 bits per heavy atom. The second kappa shape index (κ2) is 8.39. The van der Waals surface area contributed by atoms with Gasteiger partial charge in [0.1, 0.15) is 11.4 Å². The molecule has 6 nitrogen and oxygen atoms in total. The molecule has 0 unspecified atom stereocenters. The molecule has 0 aliphatic rings. The maximum absolute atomic E-state index is 12.4. The molecule has 0 bridgehead atoms. The third-order valence-corrected chi connectivity index (χ3v) is 4.52. The summed E-state index contributed by atoms with van der Waals surface area (Å²) in [7, 11) is 1.60. The lowest BCUT2D eigenvalue weighted by molar-refractivity contribution is 0.102. The zero-order valence-electron chi connectivity index (χ0n) is 15.9. The van der Waals surface area contributed by atoms with Crippen molar-refractivity contribution in [3.05, 3.63) is 96.2 Å². The number of hydrogen-bond donors (Lipinski definition) is 1. The third kappa shape index (κ3) is 4.50. The largest absolute Gasteiger partial charge is 0.497 e. The SMILES string of the molecule is COc1ccc(C(=O)Nc2ccc(Cn3cc(-c4ccccc4)nn3)cc2)cc1. The quantitative estimate of drug-likeness (QED) is 0.539. The molecule has 3 aromatic carbocycles. The van der Waals surface area contributed by atoms with E-state index in [1.54, 1.807) is 36.1 Å². The van der Waals surface area contributed by atoms with Crippen molar-refractivity contribution < 1.29 is 9.53 Å². The number of methoxy groups -OCH3 is 1. The van der Waals surface area contributed by atoms with Crippen molar-refractivity contribution in [3.8, 4) is 17.0 Å². The zero-order chi connectivity index (χ0) is 20.1. The number of hydrogen-bond acceptors (Lipinski definition) is 4. The van der Waals surface area contributed by atoms with Crippen molar-refractivity contribution in [1.29, 1.82) is 0 Å². The van der Waals surface area contributed by atoms with Gasteiger partial charge in [-0.05, 0) is 42.0 Å². The van der Waals surface area contributed by atoms with Crippen LogP contribution in [0.1, 0.15) is 15.9 Å². The van der Waals surface area contributed by atoms with E-state index in [4.69, 9.17) is 4.74 Å². The monoisotopic (exact) mass is 384 g/mol. The number of nitrogens with zero attached hydrogens (tertiary/aromatic N) is 3. The highest BCUT2D eigenvalue weighted by Crippen LogP contribution is 2.17. The lowest BCUT2D eigenvalue weighted by Gasteiger charge is -2.07. The zero-order valence-corrected chi connectivity index (χ0v) is 15.9. The minimum Gasteiger partial charge on any atom is -0.497 e. The van der Waals surface area contributed by atoms with E-state index < -0.39 is 0 Å². The molecule has 0 saturated heterocycles. The Kier molecular flexibility index (Phi) is 5.33. The van der Waals surface area contributed by atoms with Gasteiger partial charge in [-0.1, -0.05) is 47.7 Å². The summed E-state index contributed by atoms with van der Waals surface area (Å²) in [5, 5.41) is 11.3. The fourth-order valence-corrected chi connectivity index (χ4v) is 2.94. The lowest BCUT2D eigenvalue weighted by Crippen LogP contribution is -2.11. The molecule has 6 heteroatoms. The summed E-state index contributed by atoms with van der Waals surface area (Å²) in [5.41, 5.74) is 4.25. The number of carbonyl (C=O) groups is 1. The van der Waals surface area contributed by atoms with Crippen LogP contribution in [-0.4, -0.2) is 28.0 Å². The summed E-state index contributed by atoms with van der Waals surface area (Å²) < 4.78 is 6.91.